The van der Waals surface area contributed by atoms with Crippen LogP contribution in [-0.4, -0.2) is 9.13 Å². The Morgan fingerprint density at radius 1 is 0.284 bits per heavy atom. The van der Waals surface area contributed by atoms with Gasteiger partial charge in [0.2, 0.25) is 0 Å². The smallest absolute Gasteiger partial charge is 0.308 e. The summed E-state index contributed by atoms with van der Waals surface area (Å²) in [5, 5.41) is 94.3. The topological polar surface area (TPSA) is 224 Å². The molecule has 2 aromatic heterocycles. The molecule has 0 aliphatic rings. The molecular formula is C71H29F6N11. The molecule has 0 saturated carbocycles. The van der Waals surface area contributed by atoms with Crippen molar-refractivity contribution in [1.82, 2.24) is 9.13 Å². The Balaban J connectivity index is 1.30. The third-order valence-corrected chi connectivity index (χ3v) is 15.3. The third-order valence-electron chi connectivity index (χ3n) is 15.3. The highest BCUT2D eigenvalue weighted by Crippen LogP contribution is 2.50. The summed E-state index contributed by atoms with van der Waals surface area (Å²) in [4.78, 5) is 0. The van der Waals surface area contributed by atoms with Gasteiger partial charge >= 0.3 is 12.4 Å². The number of nitriles is 9. The van der Waals surface area contributed by atoms with Crippen LogP contribution in [0.25, 0.3) is 111 Å². The molecule has 0 saturated heterocycles. The second kappa shape index (κ2) is 21.2. The second-order valence-electron chi connectivity index (χ2n) is 20.4. The Morgan fingerprint density at radius 3 is 0.830 bits per heavy atom. The van der Waals surface area contributed by atoms with Gasteiger partial charge in [0.25, 0.3) is 0 Å². The van der Waals surface area contributed by atoms with E-state index in [9.17, 15) is 47.4 Å². The molecule has 17 heteroatoms. The van der Waals surface area contributed by atoms with E-state index in [4.69, 9.17) is 0 Å². The van der Waals surface area contributed by atoms with Crippen molar-refractivity contribution < 1.29 is 26.3 Å². The number of halogens is 6. The van der Waals surface area contributed by atoms with E-state index in [-0.39, 0.29) is 61.2 Å². The minimum atomic E-state index is -5.43. The number of benzene rings is 10. The van der Waals surface area contributed by atoms with Gasteiger partial charge in [-0.2, -0.15) is 73.7 Å². The fourth-order valence-corrected chi connectivity index (χ4v) is 11.6. The van der Waals surface area contributed by atoms with Crippen LogP contribution in [0.3, 0.4) is 0 Å². The van der Waals surface area contributed by atoms with Crippen LogP contribution in [0, 0.1) is 102 Å². The summed E-state index contributed by atoms with van der Waals surface area (Å²) in [7, 11) is 0. The average Bonchev–Trinajstić information content (AvgIpc) is 1.50. The van der Waals surface area contributed by atoms with Crippen LogP contribution in [0.5, 0.6) is 0 Å². The number of nitrogens with zero attached hydrogens (tertiary/aromatic N) is 11. The van der Waals surface area contributed by atoms with Crippen molar-refractivity contribution in [2.24, 2.45) is 0 Å². The average molecular weight is 1150 g/mol. The summed E-state index contributed by atoms with van der Waals surface area (Å²) in [6.07, 6.45) is -10.9. The van der Waals surface area contributed by atoms with Gasteiger partial charge in [0.1, 0.15) is 11.6 Å². The maximum atomic E-state index is 15.8. The van der Waals surface area contributed by atoms with Gasteiger partial charge in [-0.3, -0.25) is 0 Å². The van der Waals surface area contributed by atoms with E-state index in [1.807, 2.05) is 24.3 Å². The van der Waals surface area contributed by atoms with Gasteiger partial charge in [-0.15, -0.1) is 0 Å². The molecule has 0 amide bonds. The fourth-order valence-electron chi connectivity index (χ4n) is 11.6. The van der Waals surface area contributed by atoms with Gasteiger partial charge < -0.3 is 9.13 Å². The van der Waals surface area contributed by atoms with Crippen LogP contribution in [0.2, 0.25) is 0 Å². The van der Waals surface area contributed by atoms with Crippen molar-refractivity contribution in [2.45, 2.75) is 12.4 Å². The SMILES string of the molecule is N#Cc1cc(C#N)cc(-c2ccc3c4ccc(-c5cc(C#N)cc(C#N)c5)cc4n(-c4ccc(-c5c(C(F)(F)F)cccc5C(F)(F)F)c(-n5c6cc(-c7cc(C#N)cc(C#N)c7)ccc6c6ccc(-c7cc(C#N)cc(C#N)c7)cc65)c4C#N)c3c2)c1. The maximum absolute atomic E-state index is 15.8. The number of hydrogen-bond acceptors (Lipinski definition) is 9. The van der Waals surface area contributed by atoms with Gasteiger partial charge in [-0.05, 0) is 160 Å². The molecule has 12 rings (SSSR count). The fraction of sp³-hybridized carbons (Fsp3) is 0.0282. The maximum Gasteiger partial charge on any atom is 0.417 e. The lowest BCUT2D eigenvalue weighted by Gasteiger charge is -2.24. The summed E-state index contributed by atoms with van der Waals surface area (Å²) in [6, 6.07) is 60.8. The van der Waals surface area contributed by atoms with Gasteiger partial charge in [-0.25, -0.2) is 0 Å². The van der Waals surface area contributed by atoms with Crippen LogP contribution < -0.4 is 0 Å². The van der Waals surface area contributed by atoms with Gasteiger partial charge in [0.15, 0.2) is 0 Å². The van der Waals surface area contributed by atoms with Crippen molar-refractivity contribution in [3.63, 3.8) is 0 Å². The van der Waals surface area contributed by atoms with Crippen LogP contribution >= 0.6 is 0 Å². The number of rotatable bonds is 7. The largest absolute Gasteiger partial charge is 0.417 e. The predicted molar refractivity (Wildman–Crippen MR) is 315 cm³/mol. The Hall–Kier alpha value is -13.2. The molecule has 0 spiro atoms. The van der Waals surface area contributed by atoms with E-state index < -0.39 is 45.9 Å². The van der Waals surface area contributed by atoms with Crippen LogP contribution in [0.1, 0.15) is 61.2 Å². The molecular weight excluding hydrogens is 1120 g/mol. The summed E-state index contributed by atoms with van der Waals surface area (Å²) < 4.78 is 97.7. The lowest BCUT2D eigenvalue weighted by Crippen LogP contribution is -2.16. The summed E-state index contributed by atoms with van der Waals surface area (Å²) in [5.41, 5.74) is -1.28. The van der Waals surface area contributed by atoms with E-state index in [1.165, 1.54) is 59.2 Å². The number of alkyl halides is 6. The molecule has 0 fully saturated rings. The second-order valence-corrected chi connectivity index (χ2v) is 20.4. The van der Waals surface area contributed by atoms with Crippen LogP contribution in [0.4, 0.5) is 26.3 Å². The van der Waals surface area contributed by atoms with Crippen molar-refractivity contribution in [1.29, 1.82) is 47.4 Å². The highest BCUT2D eigenvalue weighted by Gasteiger charge is 2.42. The molecule has 0 atom stereocenters. The highest BCUT2D eigenvalue weighted by atomic mass is 19.4. The first-order chi connectivity index (χ1) is 42.4. The van der Waals surface area contributed by atoms with E-state index in [1.54, 1.807) is 102 Å². The Kier molecular flexibility index (Phi) is 13.3. The van der Waals surface area contributed by atoms with E-state index in [2.05, 4.69) is 30.3 Å². The monoisotopic (exact) mass is 1150 g/mol. The minimum absolute atomic E-state index is 0.0661. The van der Waals surface area contributed by atoms with Crippen LogP contribution in [-0.2, 0) is 12.4 Å². The zero-order valence-corrected chi connectivity index (χ0v) is 44.9. The van der Waals surface area contributed by atoms with Gasteiger partial charge in [0, 0.05) is 32.7 Å². The molecule has 0 bridgehead atoms. The molecule has 10 aromatic carbocycles. The number of hydrogen-bond donors (Lipinski definition) is 0. The van der Waals surface area contributed by atoms with E-state index in [0.717, 1.165) is 6.07 Å². The van der Waals surface area contributed by atoms with Crippen molar-refractivity contribution in [2.75, 3.05) is 0 Å². The Labute approximate surface area is 495 Å². The standard InChI is InChI=1S/C71H29F6N11/c72-70(73,74)61-2-1-3-62(71(75,76)77)68(61)59-12-13-63(87-64-26-47(51-18-39(30-78)14-40(19-51)31-79)4-8-55(64)56-9-5-48(27-65(56)87)52-20-41(32-80)15-42(21-52)33-81)60(38-86)69(59)88-66-28-49(53-22-43(34-82)16-44(23-53)35-83)6-10-57(66)58-11-7-50(29-67(58)88)54-24-45(36-84)17-46(25-54)37-85/h1-29H. The first-order valence-electron chi connectivity index (χ1n) is 26.3. The van der Waals surface area contributed by atoms with E-state index in [0.29, 0.717) is 95.3 Å². The summed E-state index contributed by atoms with van der Waals surface area (Å²) >= 11 is 0. The van der Waals surface area contributed by atoms with E-state index >= 15 is 26.3 Å². The minimum Gasteiger partial charge on any atom is -0.308 e. The lowest BCUT2D eigenvalue weighted by molar-refractivity contribution is -0.142. The molecule has 11 nitrogen and oxygen atoms in total. The van der Waals surface area contributed by atoms with Gasteiger partial charge in [-0.1, -0.05) is 60.7 Å². The molecule has 0 radical (unpaired) electrons. The predicted octanol–water partition coefficient (Wildman–Crippen LogP) is 17.1. The molecule has 2 heterocycles. The lowest BCUT2D eigenvalue weighted by atomic mass is 9.90. The van der Waals surface area contributed by atoms with Crippen LogP contribution in [0.15, 0.2) is 176 Å². The first kappa shape index (κ1) is 55.3. The molecule has 0 N–H and O–H groups in total. The van der Waals surface area contributed by atoms with Gasteiger partial charge in [0.05, 0.1) is 138 Å². The normalized spacial score (nSPS) is 11.2. The first-order valence-corrected chi connectivity index (χ1v) is 26.3. The molecule has 0 unspecified atom stereocenters. The molecule has 0 aliphatic heterocycles. The zero-order valence-electron chi connectivity index (χ0n) is 44.9. The summed E-state index contributed by atoms with van der Waals surface area (Å²) in [6.45, 7) is 0. The molecule has 88 heavy (non-hydrogen) atoms. The number of aromatic nitrogens is 2. The highest BCUT2D eigenvalue weighted by molar-refractivity contribution is 6.14. The zero-order chi connectivity index (χ0) is 61.9. The van der Waals surface area contributed by atoms with Crippen molar-refractivity contribution >= 4 is 43.6 Å². The van der Waals surface area contributed by atoms with Crippen molar-refractivity contribution in [3.8, 4) is 122 Å². The van der Waals surface area contributed by atoms with Crippen molar-refractivity contribution in [3.05, 3.63) is 237 Å². The Bertz CT molecular complexity index is 5080. The molecule has 0 aliphatic carbocycles. The molecule has 410 valence electrons. The summed E-state index contributed by atoms with van der Waals surface area (Å²) in [5.74, 6) is 0. The Morgan fingerprint density at radius 2 is 0.568 bits per heavy atom. The molecule has 12 aromatic rings. The number of fused-ring (bicyclic) bond motifs is 6. The quantitative estimate of drug-likeness (QED) is 0.138. The third kappa shape index (κ3) is 9.40.